The molecule has 0 aromatic carbocycles. The summed E-state index contributed by atoms with van der Waals surface area (Å²) in [5, 5.41) is 2.83. The molecule has 1 aliphatic rings. The average Bonchev–Trinajstić information content (AvgIpc) is 2.38. The van der Waals surface area contributed by atoms with E-state index in [0.29, 0.717) is 13.1 Å². The average molecular weight is 250 g/mol. The Morgan fingerprint density at radius 2 is 1.94 bits per heavy atom. The van der Waals surface area contributed by atoms with Gasteiger partial charge in [0.1, 0.15) is 0 Å². The van der Waals surface area contributed by atoms with Crippen LogP contribution in [-0.4, -0.2) is 37.0 Å². The minimum atomic E-state index is 0.0764. The second-order valence-electron chi connectivity index (χ2n) is 5.08. The Bertz CT molecular complexity index is 270. The second-order valence-corrected chi connectivity index (χ2v) is 5.08. The van der Waals surface area contributed by atoms with Gasteiger partial charge in [0, 0.05) is 19.6 Å². The highest BCUT2D eigenvalue weighted by molar-refractivity contribution is 5.78. The van der Waals surface area contributed by atoms with E-state index in [1.807, 2.05) is 6.08 Å². The first-order valence-corrected chi connectivity index (χ1v) is 6.97. The molecule has 0 radical (unpaired) electrons. The standard InChI is InChI=1S/C15H26N2O/c1-3-10-16-15(18)13-17(11-4-2)12-14-8-6-5-7-9-14/h3-4,14H,1-2,5-13H2,(H,16,18). The minimum Gasteiger partial charge on any atom is -0.352 e. The van der Waals surface area contributed by atoms with Crippen molar-refractivity contribution < 1.29 is 4.79 Å². The van der Waals surface area contributed by atoms with Crippen molar-refractivity contribution in [3.63, 3.8) is 0 Å². The molecule has 0 bridgehead atoms. The molecule has 0 aromatic rings. The molecular weight excluding hydrogens is 224 g/mol. The minimum absolute atomic E-state index is 0.0764. The van der Waals surface area contributed by atoms with E-state index in [9.17, 15) is 4.79 Å². The summed E-state index contributed by atoms with van der Waals surface area (Å²) in [6.07, 6.45) is 10.3. The Morgan fingerprint density at radius 3 is 2.56 bits per heavy atom. The molecular formula is C15H26N2O. The largest absolute Gasteiger partial charge is 0.352 e. The topological polar surface area (TPSA) is 32.3 Å². The third kappa shape index (κ3) is 6.01. The van der Waals surface area contributed by atoms with E-state index in [1.54, 1.807) is 6.08 Å². The third-order valence-electron chi connectivity index (χ3n) is 3.44. The maximum absolute atomic E-state index is 11.7. The number of hydrogen-bond donors (Lipinski definition) is 1. The van der Waals surface area contributed by atoms with Crippen LogP contribution in [0, 0.1) is 5.92 Å². The second kappa shape index (κ2) is 8.92. The molecule has 0 aromatic heterocycles. The number of carbonyl (C=O) groups excluding carboxylic acids is 1. The molecule has 1 aliphatic carbocycles. The lowest BCUT2D eigenvalue weighted by Gasteiger charge is -2.28. The molecule has 102 valence electrons. The monoisotopic (exact) mass is 250 g/mol. The maximum atomic E-state index is 11.7. The number of carbonyl (C=O) groups is 1. The van der Waals surface area contributed by atoms with E-state index < -0.39 is 0 Å². The lowest BCUT2D eigenvalue weighted by Crippen LogP contribution is -2.40. The number of hydrogen-bond acceptors (Lipinski definition) is 2. The van der Waals surface area contributed by atoms with Gasteiger partial charge in [0.05, 0.1) is 6.54 Å². The molecule has 3 nitrogen and oxygen atoms in total. The van der Waals surface area contributed by atoms with Crippen molar-refractivity contribution in [3.8, 4) is 0 Å². The Balaban J connectivity index is 2.35. The molecule has 0 aliphatic heterocycles. The fraction of sp³-hybridized carbons (Fsp3) is 0.667. The number of nitrogens with one attached hydrogen (secondary N) is 1. The predicted molar refractivity (Wildman–Crippen MR) is 76.4 cm³/mol. The van der Waals surface area contributed by atoms with E-state index in [-0.39, 0.29) is 5.91 Å². The van der Waals surface area contributed by atoms with E-state index in [0.717, 1.165) is 19.0 Å². The van der Waals surface area contributed by atoms with Gasteiger partial charge in [0.2, 0.25) is 5.91 Å². The SMILES string of the molecule is C=CCNC(=O)CN(CC=C)CC1CCCCC1. The molecule has 18 heavy (non-hydrogen) atoms. The van der Waals surface area contributed by atoms with Crippen molar-refractivity contribution in [2.45, 2.75) is 32.1 Å². The van der Waals surface area contributed by atoms with E-state index >= 15 is 0 Å². The van der Waals surface area contributed by atoms with Crippen LogP contribution in [0.1, 0.15) is 32.1 Å². The number of nitrogens with zero attached hydrogens (tertiary/aromatic N) is 1. The van der Waals surface area contributed by atoms with E-state index in [2.05, 4.69) is 23.4 Å². The summed E-state index contributed by atoms with van der Waals surface area (Å²) < 4.78 is 0. The van der Waals surface area contributed by atoms with Crippen LogP contribution in [0.15, 0.2) is 25.3 Å². The van der Waals surface area contributed by atoms with Crippen LogP contribution < -0.4 is 5.32 Å². The van der Waals surface area contributed by atoms with Crippen LogP contribution in [0.2, 0.25) is 0 Å². The molecule has 3 heteroatoms. The van der Waals surface area contributed by atoms with Gasteiger partial charge in [-0.15, -0.1) is 13.2 Å². The van der Waals surface area contributed by atoms with Crippen LogP contribution in [0.25, 0.3) is 0 Å². The Hall–Kier alpha value is -1.09. The van der Waals surface area contributed by atoms with Crippen molar-refractivity contribution in [3.05, 3.63) is 25.3 Å². The van der Waals surface area contributed by atoms with Crippen molar-refractivity contribution in [1.82, 2.24) is 10.2 Å². The summed E-state index contributed by atoms with van der Waals surface area (Å²) in [5.41, 5.74) is 0. The van der Waals surface area contributed by atoms with Crippen molar-refractivity contribution in [1.29, 1.82) is 0 Å². The Morgan fingerprint density at radius 1 is 1.22 bits per heavy atom. The molecule has 0 atom stereocenters. The van der Waals surface area contributed by atoms with Gasteiger partial charge in [0.25, 0.3) is 0 Å². The zero-order valence-corrected chi connectivity index (χ0v) is 11.4. The molecule has 1 amide bonds. The molecule has 1 saturated carbocycles. The van der Waals surface area contributed by atoms with Gasteiger partial charge in [-0.1, -0.05) is 31.4 Å². The van der Waals surface area contributed by atoms with Crippen LogP contribution in [0.5, 0.6) is 0 Å². The van der Waals surface area contributed by atoms with E-state index in [1.165, 1.54) is 32.1 Å². The summed E-state index contributed by atoms with van der Waals surface area (Å²) in [6.45, 7) is 10.2. The summed E-state index contributed by atoms with van der Waals surface area (Å²) >= 11 is 0. The number of amides is 1. The van der Waals surface area contributed by atoms with Gasteiger partial charge in [-0.25, -0.2) is 0 Å². The summed E-state index contributed by atoms with van der Waals surface area (Å²) in [4.78, 5) is 13.9. The van der Waals surface area contributed by atoms with Crippen LogP contribution >= 0.6 is 0 Å². The van der Waals surface area contributed by atoms with E-state index in [4.69, 9.17) is 0 Å². The first-order valence-electron chi connectivity index (χ1n) is 6.97. The lowest BCUT2D eigenvalue weighted by atomic mass is 9.89. The normalized spacial score (nSPS) is 16.5. The molecule has 1 fully saturated rings. The maximum Gasteiger partial charge on any atom is 0.234 e. The summed E-state index contributed by atoms with van der Waals surface area (Å²) in [7, 11) is 0. The van der Waals surface area contributed by atoms with Crippen molar-refractivity contribution in [2.24, 2.45) is 5.92 Å². The fourth-order valence-corrected chi connectivity index (χ4v) is 2.57. The van der Waals surface area contributed by atoms with Gasteiger partial charge in [-0.2, -0.15) is 0 Å². The number of rotatable bonds is 8. The summed E-state index contributed by atoms with van der Waals surface area (Å²) in [6, 6.07) is 0. The van der Waals surface area contributed by atoms with Gasteiger partial charge in [0.15, 0.2) is 0 Å². The highest BCUT2D eigenvalue weighted by Gasteiger charge is 2.18. The molecule has 1 N–H and O–H groups in total. The fourth-order valence-electron chi connectivity index (χ4n) is 2.57. The first kappa shape index (κ1) is 15.0. The van der Waals surface area contributed by atoms with Crippen LogP contribution in [0.4, 0.5) is 0 Å². The van der Waals surface area contributed by atoms with Crippen molar-refractivity contribution in [2.75, 3.05) is 26.2 Å². The van der Waals surface area contributed by atoms with Crippen LogP contribution in [0.3, 0.4) is 0 Å². The van der Waals surface area contributed by atoms with Gasteiger partial charge in [-0.05, 0) is 18.8 Å². The highest BCUT2D eigenvalue weighted by atomic mass is 16.2. The third-order valence-corrected chi connectivity index (χ3v) is 3.44. The highest BCUT2D eigenvalue weighted by Crippen LogP contribution is 2.24. The quantitative estimate of drug-likeness (QED) is 0.671. The smallest absolute Gasteiger partial charge is 0.234 e. The van der Waals surface area contributed by atoms with Gasteiger partial charge in [-0.3, -0.25) is 9.69 Å². The molecule has 0 unspecified atom stereocenters. The van der Waals surface area contributed by atoms with Gasteiger partial charge >= 0.3 is 0 Å². The molecule has 1 rings (SSSR count). The predicted octanol–water partition coefficient (Wildman–Crippen LogP) is 2.36. The van der Waals surface area contributed by atoms with Crippen LogP contribution in [-0.2, 0) is 4.79 Å². The molecule has 0 spiro atoms. The van der Waals surface area contributed by atoms with Gasteiger partial charge < -0.3 is 5.32 Å². The zero-order valence-electron chi connectivity index (χ0n) is 11.4. The molecule has 0 saturated heterocycles. The summed E-state index contributed by atoms with van der Waals surface area (Å²) in [5.74, 6) is 0.832. The zero-order chi connectivity index (χ0) is 13.2. The van der Waals surface area contributed by atoms with Crippen molar-refractivity contribution >= 4 is 5.91 Å². The first-order chi connectivity index (χ1) is 8.76. The Kier molecular flexibility index (Phi) is 7.42. The lowest BCUT2D eigenvalue weighted by molar-refractivity contribution is -0.122. The molecule has 0 heterocycles. The Labute approximate surface area is 111 Å².